The maximum atomic E-state index is 12.6. The highest BCUT2D eigenvalue weighted by Crippen LogP contribution is 2.28. The van der Waals surface area contributed by atoms with Crippen molar-refractivity contribution in [1.29, 1.82) is 0 Å². The summed E-state index contributed by atoms with van der Waals surface area (Å²) in [5.41, 5.74) is 5.51. The lowest BCUT2D eigenvalue weighted by molar-refractivity contribution is -0.160. The highest BCUT2D eigenvalue weighted by Gasteiger charge is 2.45. The van der Waals surface area contributed by atoms with Crippen molar-refractivity contribution < 1.29 is 49.9 Å². The van der Waals surface area contributed by atoms with E-state index >= 15 is 0 Å². The number of aromatic hydroxyl groups is 1. The minimum Gasteiger partial charge on any atom is -0.508 e. The Morgan fingerprint density at radius 1 is 1.08 bits per heavy atom. The van der Waals surface area contributed by atoms with Crippen molar-refractivity contribution in [2.75, 3.05) is 13.2 Å². The second-order valence-corrected chi connectivity index (χ2v) is 7.90. The number of amides is 2. The smallest absolute Gasteiger partial charge is 0.331 e. The van der Waals surface area contributed by atoms with Crippen LogP contribution in [0.5, 0.6) is 11.5 Å². The van der Waals surface area contributed by atoms with Crippen molar-refractivity contribution in [3.63, 3.8) is 0 Å². The minimum atomic E-state index is -1.30. The van der Waals surface area contributed by atoms with E-state index < -0.39 is 41.9 Å². The van der Waals surface area contributed by atoms with Crippen LogP contribution in [0.3, 0.4) is 0 Å². The second kappa shape index (κ2) is 12.3. The molecule has 2 amide bonds. The molecule has 1 saturated heterocycles. The molecule has 1 aliphatic heterocycles. The van der Waals surface area contributed by atoms with E-state index in [0.29, 0.717) is 5.75 Å². The Balaban J connectivity index is 0.00000481. The van der Waals surface area contributed by atoms with Gasteiger partial charge in [-0.3, -0.25) is 14.4 Å². The molecule has 1 fully saturated rings. The first kappa shape index (κ1) is 28.5. The number of nitrogens with one attached hydrogen (secondary N) is 1. The molecule has 0 radical (unpaired) electrons. The highest BCUT2D eigenvalue weighted by atomic mass is 16.5. The van der Waals surface area contributed by atoms with Crippen molar-refractivity contribution in [3.8, 4) is 11.5 Å². The third-order valence-corrected chi connectivity index (χ3v) is 5.48. The summed E-state index contributed by atoms with van der Waals surface area (Å²) < 4.78 is 5.40. The quantitative estimate of drug-likeness (QED) is 0.0924. The number of carboxylic acid groups (broad SMARTS) is 2. The van der Waals surface area contributed by atoms with Crippen LogP contribution in [0.4, 0.5) is 0 Å². The van der Waals surface area contributed by atoms with Gasteiger partial charge in [0.15, 0.2) is 11.8 Å². The van der Waals surface area contributed by atoms with E-state index in [0.717, 1.165) is 4.90 Å². The van der Waals surface area contributed by atoms with Crippen LogP contribution in [-0.4, -0.2) is 85.6 Å². The van der Waals surface area contributed by atoms with Gasteiger partial charge in [-0.15, -0.1) is 0 Å². The van der Waals surface area contributed by atoms with Gasteiger partial charge in [-0.05, 0) is 42.0 Å². The molecular formula is C23H26N4O10. The van der Waals surface area contributed by atoms with Gasteiger partial charge in [-0.1, -0.05) is 17.3 Å². The molecule has 3 rings (SSSR count). The summed E-state index contributed by atoms with van der Waals surface area (Å²) in [5, 5.41) is 42.5. The number of carboxylic acids is 2. The first-order chi connectivity index (χ1) is 17.1. The first-order valence-corrected chi connectivity index (χ1v) is 10.7. The number of rotatable bonds is 11. The Morgan fingerprint density at radius 3 is 2.22 bits per heavy atom. The largest absolute Gasteiger partial charge is 0.508 e. The van der Waals surface area contributed by atoms with Crippen LogP contribution in [0.2, 0.25) is 0 Å². The Bertz CT molecular complexity index is 1170. The Kier molecular flexibility index (Phi) is 9.51. The Morgan fingerprint density at radius 2 is 1.70 bits per heavy atom. The van der Waals surface area contributed by atoms with E-state index in [2.05, 4.69) is 10.5 Å². The fourth-order valence-corrected chi connectivity index (χ4v) is 3.50. The van der Waals surface area contributed by atoms with E-state index in [1.807, 2.05) is 0 Å². The average Bonchev–Trinajstić information content (AvgIpc) is 2.85. The number of β-lactam (4-membered cyclic amide) rings is 1. The lowest BCUT2D eigenvalue weighted by Gasteiger charge is -2.42. The van der Waals surface area contributed by atoms with Crippen molar-refractivity contribution in [2.24, 2.45) is 10.9 Å². The third-order valence-electron chi connectivity index (χ3n) is 5.48. The molecule has 2 aromatic carbocycles. The number of hydrogen-bond donors (Lipinski definition) is 6. The van der Waals surface area contributed by atoms with Crippen LogP contribution in [0.15, 0.2) is 53.7 Å². The van der Waals surface area contributed by atoms with Gasteiger partial charge in [0.25, 0.3) is 5.91 Å². The van der Waals surface area contributed by atoms with Crippen LogP contribution >= 0.6 is 0 Å². The molecule has 0 aromatic heterocycles. The Hall–Kier alpha value is -4.69. The summed E-state index contributed by atoms with van der Waals surface area (Å²) in [6.07, 6.45) is 0.0880. The lowest BCUT2D eigenvalue weighted by Crippen LogP contribution is -2.66. The molecule has 3 atom stereocenters. The van der Waals surface area contributed by atoms with Crippen LogP contribution in [-0.2, 0) is 19.2 Å². The molecule has 14 nitrogen and oxygen atoms in total. The van der Waals surface area contributed by atoms with E-state index in [4.69, 9.17) is 15.6 Å². The maximum Gasteiger partial charge on any atom is 0.331 e. The number of carbonyl (C=O) groups excluding carboxylic acids is 2. The third kappa shape index (κ3) is 6.71. The zero-order valence-corrected chi connectivity index (χ0v) is 19.3. The summed E-state index contributed by atoms with van der Waals surface area (Å²) >= 11 is 0. The van der Waals surface area contributed by atoms with Gasteiger partial charge in [-0.25, -0.2) is 4.79 Å². The van der Waals surface area contributed by atoms with Gasteiger partial charge in [0.1, 0.15) is 23.6 Å². The number of phenolic OH excluding ortho intramolecular Hbond substituents is 1. The normalized spacial score (nSPS) is 16.6. The predicted octanol–water partition coefficient (Wildman–Crippen LogP) is -0.920. The number of oxime groups is 1. The topological polar surface area (TPSA) is 244 Å². The number of nitrogens with zero attached hydrogens (tertiary/aromatic N) is 2. The number of carbonyl (C=O) groups is 4. The maximum absolute atomic E-state index is 12.6. The van der Waals surface area contributed by atoms with Crippen molar-refractivity contribution in [3.05, 3.63) is 59.7 Å². The predicted molar refractivity (Wildman–Crippen MR) is 126 cm³/mol. The molecule has 0 saturated carbocycles. The molecular weight excluding hydrogens is 492 g/mol. The zero-order chi connectivity index (χ0) is 26.4. The number of likely N-dealkylation sites (tertiary alicyclic amines) is 1. The number of phenols is 1. The van der Waals surface area contributed by atoms with Crippen LogP contribution in [0, 0.1) is 0 Å². The number of hydrogen-bond acceptors (Lipinski definition) is 9. The molecule has 9 N–H and O–H groups in total. The van der Waals surface area contributed by atoms with Gasteiger partial charge >= 0.3 is 11.9 Å². The summed E-state index contributed by atoms with van der Waals surface area (Å²) in [5.74, 6) is -3.59. The number of nitrogens with two attached hydrogens (primary N) is 1. The van der Waals surface area contributed by atoms with Gasteiger partial charge in [0.2, 0.25) is 5.91 Å². The van der Waals surface area contributed by atoms with E-state index in [1.165, 1.54) is 48.5 Å². The monoisotopic (exact) mass is 518 g/mol. The molecule has 1 heterocycles. The average molecular weight is 518 g/mol. The van der Waals surface area contributed by atoms with Gasteiger partial charge < -0.3 is 46.7 Å². The number of aliphatic carboxylic acids is 2. The van der Waals surface area contributed by atoms with Crippen LogP contribution in [0.1, 0.15) is 23.6 Å². The van der Waals surface area contributed by atoms with Gasteiger partial charge in [0.05, 0.1) is 13.2 Å². The molecule has 0 aliphatic carbocycles. The standard InChI is InChI=1S/C23H24N4O9.H2O/c24-16(22(31)32)9-10-36-15-7-3-12(4-8-15)18(26-35)20(29)25-17-11-27(21(17)30)19(23(33)34)13-1-5-14(28)6-2-13;/h1-8,16-17,19,28,35H,9-11,24H2,(H,25,29)(H,31,32)(H,33,34);1H2/b26-18-;/t16-,17-,19-;/m0./s1. The van der Waals surface area contributed by atoms with Crippen molar-refractivity contribution in [2.45, 2.75) is 24.5 Å². The number of ether oxygens (including phenoxy) is 1. The second-order valence-electron chi connectivity index (χ2n) is 7.90. The van der Waals surface area contributed by atoms with Crippen LogP contribution < -0.4 is 15.8 Å². The van der Waals surface area contributed by atoms with E-state index in [-0.39, 0.29) is 47.6 Å². The van der Waals surface area contributed by atoms with Crippen molar-refractivity contribution >= 4 is 29.5 Å². The van der Waals surface area contributed by atoms with Gasteiger partial charge in [-0.2, -0.15) is 0 Å². The fraction of sp³-hybridized carbons (Fsp3) is 0.261. The SMILES string of the molecule is N[C@@H](CCOc1ccc(/C(=N/O)C(=O)N[C@H]2CN([C@H](C(=O)O)c3ccc(O)cc3)C2=O)cc1)C(=O)O.O. The minimum absolute atomic E-state index is 0. The lowest BCUT2D eigenvalue weighted by atomic mass is 9.97. The Labute approximate surface area is 209 Å². The van der Waals surface area contributed by atoms with E-state index in [1.54, 1.807) is 0 Å². The molecule has 0 spiro atoms. The molecule has 37 heavy (non-hydrogen) atoms. The van der Waals surface area contributed by atoms with Crippen LogP contribution in [0.25, 0.3) is 0 Å². The molecule has 0 unspecified atom stereocenters. The molecule has 2 aromatic rings. The van der Waals surface area contributed by atoms with E-state index in [9.17, 15) is 34.6 Å². The summed E-state index contributed by atoms with van der Waals surface area (Å²) in [6, 6.07) is 7.83. The molecule has 198 valence electrons. The molecule has 1 aliphatic rings. The van der Waals surface area contributed by atoms with Gasteiger partial charge in [0, 0.05) is 12.0 Å². The fourth-order valence-electron chi connectivity index (χ4n) is 3.50. The van der Waals surface area contributed by atoms with Crippen molar-refractivity contribution in [1.82, 2.24) is 10.2 Å². The summed E-state index contributed by atoms with van der Waals surface area (Å²) in [7, 11) is 0. The molecule has 14 heteroatoms. The summed E-state index contributed by atoms with van der Waals surface area (Å²) in [6.45, 7) is -0.0393. The zero-order valence-electron chi connectivity index (χ0n) is 19.3. The summed E-state index contributed by atoms with van der Waals surface area (Å²) in [4.78, 5) is 48.8. The highest BCUT2D eigenvalue weighted by molar-refractivity contribution is 6.45. The first-order valence-electron chi connectivity index (χ1n) is 10.7. The number of benzene rings is 2. The molecule has 0 bridgehead atoms.